The highest BCUT2D eigenvalue weighted by Crippen LogP contribution is 2.32. The standard InChI is InChI=1S/C23H30N4/c1-17-5-6-19(15-25-17)9-13-27-22-8-7-18(4-3-11-24)14-20(22)21-16-26(2)12-10-23(21)27/h5-8,14-15H,3-4,9-13,16,24H2,1-2H3. The van der Waals surface area contributed by atoms with Crippen LogP contribution in [-0.4, -0.2) is 34.6 Å². The van der Waals surface area contributed by atoms with Crippen LogP contribution in [0, 0.1) is 6.92 Å². The number of pyridine rings is 1. The summed E-state index contributed by atoms with van der Waals surface area (Å²) >= 11 is 0. The van der Waals surface area contributed by atoms with Gasteiger partial charge in [-0.15, -0.1) is 0 Å². The summed E-state index contributed by atoms with van der Waals surface area (Å²) in [6, 6.07) is 11.3. The summed E-state index contributed by atoms with van der Waals surface area (Å²) in [5.74, 6) is 0. The fourth-order valence-electron chi connectivity index (χ4n) is 4.24. The molecule has 0 saturated carbocycles. The number of nitrogens with zero attached hydrogens (tertiary/aromatic N) is 3. The van der Waals surface area contributed by atoms with Crippen molar-refractivity contribution in [2.24, 2.45) is 5.73 Å². The molecule has 2 N–H and O–H groups in total. The van der Waals surface area contributed by atoms with Gasteiger partial charge in [-0.1, -0.05) is 12.1 Å². The molecule has 0 saturated heterocycles. The van der Waals surface area contributed by atoms with Gasteiger partial charge in [0.25, 0.3) is 0 Å². The SMILES string of the molecule is Cc1ccc(CCn2c3c(c4cc(CCCN)ccc42)CN(C)CC3)cn1. The molecule has 4 heteroatoms. The van der Waals surface area contributed by atoms with Crippen LogP contribution in [-0.2, 0) is 32.4 Å². The Hall–Kier alpha value is -2.17. The van der Waals surface area contributed by atoms with Crippen LogP contribution in [0.15, 0.2) is 36.5 Å². The number of benzene rings is 1. The molecule has 3 aromatic rings. The fourth-order valence-corrected chi connectivity index (χ4v) is 4.24. The molecule has 1 aliphatic heterocycles. The van der Waals surface area contributed by atoms with Crippen LogP contribution in [0.1, 0.15) is 34.5 Å². The highest BCUT2D eigenvalue weighted by Gasteiger charge is 2.22. The van der Waals surface area contributed by atoms with Gasteiger partial charge >= 0.3 is 0 Å². The normalized spacial score (nSPS) is 14.6. The topological polar surface area (TPSA) is 47.1 Å². The van der Waals surface area contributed by atoms with Crippen molar-refractivity contribution < 1.29 is 0 Å². The lowest BCUT2D eigenvalue weighted by Gasteiger charge is -2.24. The lowest BCUT2D eigenvalue weighted by molar-refractivity contribution is 0.309. The van der Waals surface area contributed by atoms with Gasteiger partial charge in [0.2, 0.25) is 0 Å². The van der Waals surface area contributed by atoms with E-state index in [1.807, 2.05) is 13.1 Å². The summed E-state index contributed by atoms with van der Waals surface area (Å²) in [4.78, 5) is 6.89. The van der Waals surface area contributed by atoms with Gasteiger partial charge in [0.05, 0.1) is 0 Å². The maximum Gasteiger partial charge on any atom is 0.0486 e. The van der Waals surface area contributed by atoms with E-state index in [1.54, 1.807) is 0 Å². The summed E-state index contributed by atoms with van der Waals surface area (Å²) in [5.41, 5.74) is 13.9. The van der Waals surface area contributed by atoms with Crippen LogP contribution < -0.4 is 5.73 Å². The Balaban J connectivity index is 1.69. The van der Waals surface area contributed by atoms with Crippen molar-refractivity contribution in [2.75, 3.05) is 20.1 Å². The lowest BCUT2D eigenvalue weighted by Crippen LogP contribution is -2.27. The van der Waals surface area contributed by atoms with Crippen LogP contribution >= 0.6 is 0 Å². The number of fused-ring (bicyclic) bond motifs is 3. The molecule has 27 heavy (non-hydrogen) atoms. The first-order chi connectivity index (χ1) is 13.2. The van der Waals surface area contributed by atoms with E-state index >= 15 is 0 Å². The monoisotopic (exact) mass is 362 g/mol. The second-order valence-corrected chi connectivity index (χ2v) is 7.87. The number of rotatable bonds is 6. The Kier molecular flexibility index (Phi) is 5.28. The van der Waals surface area contributed by atoms with E-state index in [4.69, 9.17) is 5.73 Å². The minimum Gasteiger partial charge on any atom is -0.344 e. The largest absolute Gasteiger partial charge is 0.344 e. The molecule has 1 aliphatic rings. The third-order valence-electron chi connectivity index (χ3n) is 5.78. The summed E-state index contributed by atoms with van der Waals surface area (Å²) in [6.45, 7) is 5.99. The first-order valence-electron chi connectivity index (χ1n) is 10.1. The maximum absolute atomic E-state index is 5.71. The molecule has 0 spiro atoms. The van der Waals surface area contributed by atoms with Crippen molar-refractivity contribution in [3.8, 4) is 0 Å². The average Bonchev–Trinajstić information content (AvgIpc) is 2.98. The molecule has 2 aromatic heterocycles. The van der Waals surface area contributed by atoms with Gasteiger partial charge in [-0.25, -0.2) is 0 Å². The van der Waals surface area contributed by atoms with Gasteiger partial charge < -0.3 is 15.2 Å². The van der Waals surface area contributed by atoms with Crippen molar-refractivity contribution in [3.63, 3.8) is 0 Å². The Morgan fingerprint density at radius 1 is 1.11 bits per heavy atom. The molecule has 4 rings (SSSR count). The second kappa shape index (κ2) is 7.83. The summed E-state index contributed by atoms with van der Waals surface area (Å²) in [7, 11) is 2.22. The zero-order chi connectivity index (χ0) is 18.8. The van der Waals surface area contributed by atoms with E-state index in [0.717, 1.165) is 57.6 Å². The molecule has 0 amide bonds. The molecule has 3 heterocycles. The fraction of sp³-hybridized carbons (Fsp3) is 0.435. The smallest absolute Gasteiger partial charge is 0.0486 e. The number of hydrogen-bond acceptors (Lipinski definition) is 3. The Labute approximate surface area is 162 Å². The van der Waals surface area contributed by atoms with E-state index < -0.39 is 0 Å². The molecule has 0 bridgehead atoms. The van der Waals surface area contributed by atoms with Crippen LogP contribution in [0.3, 0.4) is 0 Å². The number of likely N-dealkylation sites (N-methyl/N-ethyl adjacent to an activating group) is 1. The zero-order valence-corrected chi connectivity index (χ0v) is 16.5. The Morgan fingerprint density at radius 2 is 1.96 bits per heavy atom. The Bertz CT molecular complexity index is 924. The van der Waals surface area contributed by atoms with Gasteiger partial charge in [-0.05, 0) is 74.7 Å². The van der Waals surface area contributed by atoms with Crippen molar-refractivity contribution >= 4 is 10.9 Å². The van der Waals surface area contributed by atoms with Crippen LogP contribution in [0.4, 0.5) is 0 Å². The van der Waals surface area contributed by atoms with Crippen LogP contribution in [0.5, 0.6) is 0 Å². The molecular weight excluding hydrogens is 332 g/mol. The van der Waals surface area contributed by atoms with E-state index in [0.29, 0.717) is 0 Å². The van der Waals surface area contributed by atoms with E-state index in [1.165, 1.54) is 33.3 Å². The molecule has 0 atom stereocenters. The number of aryl methyl sites for hydroxylation is 4. The quantitative estimate of drug-likeness (QED) is 0.730. The number of nitrogens with two attached hydrogens (primary N) is 1. The number of aromatic nitrogens is 2. The van der Waals surface area contributed by atoms with Crippen molar-refractivity contribution in [2.45, 2.75) is 45.7 Å². The third-order valence-corrected chi connectivity index (χ3v) is 5.78. The molecule has 4 nitrogen and oxygen atoms in total. The summed E-state index contributed by atoms with van der Waals surface area (Å²) < 4.78 is 2.56. The van der Waals surface area contributed by atoms with Crippen LogP contribution in [0.25, 0.3) is 10.9 Å². The van der Waals surface area contributed by atoms with Gasteiger partial charge in [0.1, 0.15) is 0 Å². The maximum atomic E-state index is 5.71. The van der Waals surface area contributed by atoms with Gasteiger partial charge in [0, 0.05) is 54.5 Å². The van der Waals surface area contributed by atoms with Gasteiger partial charge in [-0.2, -0.15) is 0 Å². The van der Waals surface area contributed by atoms with E-state index in [9.17, 15) is 0 Å². The van der Waals surface area contributed by atoms with Gasteiger partial charge in [0.15, 0.2) is 0 Å². The molecule has 142 valence electrons. The predicted octanol–water partition coefficient (Wildman–Crippen LogP) is 3.47. The van der Waals surface area contributed by atoms with E-state index in [2.05, 4.69) is 51.8 Å². The van der Waals surface area contributed by atoms with E-state index in [-0.39, 0.29) is 0 Å². The first-order valence-corrected chi connectivity index (χ1v) is 10.1. The third kappa shape index (κ3) is 3.78. The van der Waals surface area contributed by atoms with Crippen molar-refractivity contribution in [1.82, 2.24) is 14.5 Å². The average molecular weight is 363 g/mol. The van der Waals surface area contributed by atoms with Crippen molar-refractivity contribution in [3.05, 3.63) is 64.6 Å². The molecular formula is C23H30N4. The zero-order valence-electron chi connectivity index (χ0n) is 16.5. The first kappa shape index (κ1) is 18.2. The summed E-state index contributed by atoms with van der Waals surface area (Å²) in [5, 5.41) is 1.44. The van der Waals surface area contributed by atoms with Crippen molar-refractivity contribution in [1.29, 1.82) is 0 Å². The second-order valence-electron chi connectivity index (χ2n) is 7.87. The minimum absolute atomic E-state index is 0.754. The molecule has 0 aliphatic carbocycles. The molecule has 0 fully saturated rings. The lowest BCUT2D eigenvalue weighted by atomic mass is 10.0. The highest BCUT2D eigenvalue weighted by atomic mass is 15.1. The summed E-state index contributed by atoms with van der Waals surface area (Å²) in [6.07, 6.45) is 6.29. The molecule has 0 radical (unpaired) electrons. The van der Waals surface area contributed by atoms with Gasteiger partial charge in [-0.3, -0.25) is 4.98 Å². The molecule has 0 unspecified atom stereocenters. The predicted molar refractivity (Wildman–Crippen MR) is 112 cm³/mol. The molecule has 1 aromatic carbocycles. The minimum atomic E-state index is 0.754. The number of hydrogen-bond donors (Lipinski definition) is 1. The van der Waals surface area contributed by atoms with Crippen LogP contribution in [0.2, 0.25) is 0 Å². The Morgan fingerprint density at radius 3 is 2.74 bits per heavy atom. The highest BCUT2D eigenvalue weighted by molar-refractivity contribution is 5.86.